The fourth-order valence-corrected chi connectivity index (χ4v) is 2.67. The highest BCUT2D eigenvalue weighted by atomic mass is 32.2. The van der Waals surface area contributed by atoms with E-state index in [1.807, 2.05) is 0 Å². The number of rotatable bonds is 5. The van der Waals surface area contributed by atoms with Crippen LogP contribution in [0.5, 0.6) is 5.75 Å². The van der Waals surface area contributed by atoms with Gasteiger partial charge in [0.25, 0.3) is 0 Å². The normalized spacial score (nSPS) is 10.5. The number of hydrogen-bond acceptors (Lipinski definition) is 4. The quantitative estimate of drug-likeness (QED) is 0.655. The zero-order valence-corrected chi connectivity index (χ0v) is 12.0. The van der Waals surface area contributed by atoms with Gasteiger partial charge >= 0.3 is 7.12 Å². The molecule has 2 aromatic carbocycles. The average Bonchev–Trinajstić information content (AvgIpc) is 2.48. The molecule has 0 aromatic heterocycles. The maximum atomic E-state index is 13.1. The number of benzene rings is 2. The molecule has 0 amide bonds. The highest BCUT2D eigenvalue weighted by Gasteiger charge is 2.17. The molecule has 0 fully saturated rings. The number of hydrogen-bond donors (Lipinski definition) is 2. The van der Waals surface area contributed by atoms with Gasteiger partial charge in [-0.3, -0.25) is 0 Å². The Morgan fingerprint density at radius 1 is 1.10 bits per heavy atom. The van der Waals surface area contributed by atoms with E-state index in [2.05, 4.69) is 0 Å². The van der Waals surface area contributed by atoms with Crippen LogP contribution < -0.4 is 10.2 Å². The highest BCUT2D eigenvalue weighted by Crippen LogP contribution is 2.24. The van der Waals surface area contributed by atoms with Gasteiger partial charge in [0.1, 0.15) is 5.75 Å². The Labute approximate surface area is 125 Å². The minimum absolute atomic E-state index is 0.265. The predicted octanol–water partition coefficient (Wildman–Crippen LogP) is 1.95. The van der Waals surface area contributed by atoms with E-state index in [4.69, 9.17) is 4.74 Å². The number of thioether (sulfide) groups is 1. The molecule has 0 radical (unpaired) electrons. The second-order valence-corrected chi connectivity index (χ2v) is 5.36. The highest BCUT2D eigenvalue weighted by molar-refractivity contribution is 7.98. The van der Waals surface area contributed by atoms with Crippen LogP contribution >= 0.6 is 11.8 Å². The molecule has 0 spiro atoms. The van der Waals surface area contributed by atoms with E-state index in [1.54, 1.807) is 18.2 Å². The van der Waals surface area contributed by atoms with Crippen LogP contribution in [0.1, 0.15) is 5.56 Å². The van der Waals surface area contributed by atoms with Gasteiger partial charge in [-0.05, 0) is 29.8 Å². The summed E-state index contributed by atoms with van der Waals surface area (Å²) in [5, 5.41) is 18.6. The van der Waals surface area contributed by atoms with E-state index in [9.17, 15) is 18.8 Å². The summed E-state index contributed by atoms with van der Waals surface area (Å²) in [5.74, 6) is -0.906. The van der Waals surface area contributed by atoms with Crippen molar-refractivity contribution in [1.82, 2.24) is 0 Å². The van der Waals surface area contributed by atoms with Gasteiger partial charge in [-0.25, -0.2) is 8.78 Å². The summed E-state index contributed by atoms with van der Waals surface area (Å²) in [6.07, 6.45) is 0. The maximum Gasteiger partial charge on any atom is 0.492 e. The molecule has 0 aliphatic heterocycles. The van der Waals surface area contributed by atoms with Crippen LogP contribution in [0.25, 0.3) is 0 Å². The van der Waals surface area contributed by atoms with Crippen molar-refractivity contribution in [2.75, 3.05) is 7.11 Å². The number of ether oxygens (including phenoxy) is 1. The molecule has 2 aromatic rings. The standard InChI is InChI=1S/C14H13BF2O3S/c1-20-14-5-2-9(6-11(14)15(18)19)8-21-10-3-4-12(16)13(17)7-10/h2-7,18-19H,8H2,1H3. The summed E-state index contributed by atoms with van der Waals surface area (Å²) in [5.41, 5.74) is 1.08. The molecule has 0 aliphatic carbocycles. The first-order valence-electron chi connectivity index (χ1n) is 6.12. The molecule has 0 heterocycles. The van der Waals surface area contributed by atoms with Crippen LogP contribution in [-0.2, 0) is 5.75 Å². The summed E-state index contributed by atoms with van der Waals surface area (Å²) in [7, 11) is -0.190. The summed E-state index contributed by atoms with van der Waals surface area (Å²) in [6.45, 7) is 0. The third-order valence-electron chi connectivity index (χ3n) is 2.87. The van der Waals surface area contributed by atoms with Crippen molar-refractivity contribution < 1.29 is 23.6 Å². The minimum Gasteiger partial charge on any atom is -0.497 e. The monoisotopic (exact) mass is 310 g/mol. The molecule has 3 nitrogen and oxygen atoms in total. The molecule has 2 N–H and O–H groups in total. The smallest absolute Gasteiger partial charge is 0.492 e. The molecule has 0 saturated heterocycles. The lowest BCUT2D eigenvalue weighted by Gasteiger charge is -2.10. The molecule has 2 rings (SSSR count). The van der Waals surface area contributed by atoms with Gasteiger partial charge < -0.3 is 14.8 Å². The number of halogens is 2. The predicted molar refractivity (Wildman–Crippen MR) is 78.7 cm³/mol. The molecule has 0 atom stereocenters. The number of methoxy groups -OCH3 is 1. The van der Waals surface area contributed by atoms with Crippen molar-refractivity contribution in [2.24, 2.45) is 0 Å². The van der Waals surface area contributed by atoms with Crippen LogP contribution in [0.3, 0.4) is 0 Å². The fourth-order valence-electron chi connectivity index (χ4n) is 1.81. The lowest BCUT2D eigenvalue weighted by molar-refractivity contribution is 0.403. The van der Waals surface area contributed by atoms with Crippen molar-refractivity contribution in [1.29, 1.82) is 0 Å². The average molecular weight is 310 g/mol. The third-order valence-corrected chi connectivity index (χ3v) is 3.93. The second-order valence-electron chi connectivity index (χ2n) is 4.31. The lowest BCUT2D eigenvalue weighted by Crippen LogP contribution is -2.31. The van der Waals surface area contributed by atoms with Crippen LogP contribution in [0.15, 0.2) is 41.3 Å². The first-order valence-corrected chi connectivity index (χ1v) is 7.10. The molecule has 21 heavy (non-hydrogen) atoms. The van der Waals surface area contributed by atoms with E-state index in [0.29, 0.717) is 16.4 Å². The largest absolute Gasteiger partial charge is 0.497 e. The van der Waals surface area contributed by atoms with E-state index in [0.717, 1.165) is 17.7 Å². The van der Waals surface area contributed by atoms with Gasteiger partial charge in [0, 0.05) is 16.1 Å². The van der Waals surface area contributed by atoms with E-state index in [-0.39, 0.29) is 5.46 Å². The third kappa shape index (κ3) is 3.97. The van der Waals surface area contributed by atoms with Gasteiger partial charge in [0.2, 0.25) is 0 Å². The van der Waals surface area contributed by atoms with Gasteiger partial charge in [0.15, 0.2) is 11.6 Å². The van der Waals surface area contributed by atoms with Crippen LogP contribution in [-0.4, -0.2) is 24.3 Å². The zero-order chi connectivity index (χ0) is 15.4. The van der Waals surface area contributed by atoms with E-state index < -0.39 is 18.8 Å². The van der Waals surface area contributed by atoms with E-state index >= 15 is 0 Å². The first kappa shape index (κ1) is 15.8. The summed E-state index contributed by atoms with van der Waals surface area (Å²) in [6, 6.07) is 8.72. The molecule has 0 bridgehead atoms. The van der Waals surface area contributed by atoms with Crippen molar-refractivity contribution >= 4 is 24.3 Å². The van der Waals surface area contributed by atoms with Crippen molar-refractivity contribution in [2.45, 2.75) is 10.6 Å². The minimum atomic E-state index is -1.63. The molecule has 0 saturated carbocycles. The van der Waals surface area contributed by atoms with Gasteiger partial charge in [0.05, 0.1) is 7.11 Å². The zero-order valence-electron chi connectivity index (χ0n) is 11.2. The van der Waals surface area contributed by atoms with Crippen molar-refractivity contribution in [3.05, 3.63) is 53.6 Å². The van der Waals surface area contributed by atoms with Crippen LogP contribution in [0.2, 0.25) is 0 Å². The summed E-state index contributed by atoms with van der Waals surface area (Å²) in [4.78, 5) is 0.593. The summed E-state index contributed by atoms with van der Waals surface area (Å²) >= 11 is 1.32. The second kappa shape index (κ2) is 6.93. The van der Waals surface area contributed by atoms with Crippen LogP contribution in [0, 0.1) is 11.6 Å². The molecule has 0 unspecified atom stereocenters. The van der Waals surface area contributed by atoms with Crippen LogP contribution in [0.4, 0.5) is 8.78 Å². The Hall–Kier alpha value is -1.57. The van der Waals surface area contributed by atoms with Gasteiger partial charge in [-0.1, -0.05) is 12.1 Å². The topological polar surface area (TPSA) is 49.7 Å². The van der Waals surface area contributed by atoms with Gasteiger partial charge in [-0.2, -0.15) is 0 Å². The van der Waals surface area contributed by atoms with E-state index in [1.165, 1.54) is 24.9 Å². The Balaban J connectivity index is 2.12. The molecule has 0 aliphatic rings. The molecular weight excluding hydrogens is 297 g/mol. The lowest BCUT2D eigenvalue weighted by atomic mass is 9.79. The van der Waals surface area contributed by atoms with Gasteiger partial charge in [-0.15, -0.1) is 11.8 Å². The first-order chi connectivity index (χ1) is 10.0. The SMILES string of the molecule is COc1ccc(CSc2ccc(F)c(F)c2)cc1B(O)O. The van der Waals surface area contributed by atoms with Crippen molar-refractivity contribution in [3.63, 3.8) is 0 Å². The Morgan fingerprint density at radius 2 is 1.86 bits per heavy atom. The molecule has 110 valence electrons. The Kier molecular flexibility index (Phi) is 5.22. The Bertz CT molecular complexity index is 638. The fraction of sp³-hybridized carbons (Fsp3) is 0.143. The maximum absolute atomic E-state index is 13.1. The van der Waals surface area contributed by atoms with Crippen molar-refractivity contribution in [3.8, 4) is 5.75 Å². The molecule has 7 heteroatoms. The summed E-state index contributed by atoms with van der Waals surface area (Å²) < 4.78 is 31.0. The molecular formula is C14H13BF2O3S. The Morgan fingerprint density at radius 3 is 2.48 bits per heavy atom.